The Bertz CT molecular complexity index is 563. The van der Waals surface area contributed by atoms with Crippen LogP contribution < -0.4 is 15.2 Å². The Balaban J connectivity index is 0.00000208. The zero-order valence-electron chi connectivity index (χ0n) is 13.9. The summed E-state index contributed by atoms with van der Waals surface area (Å²) in [5, 5.41) is 0. The number of nitrogens with zero attached hydrogens (tertiary/aromatic N) is 1. The van der Waals surface area contributed by atoms with E-state index in [2.05, 4.69) is 0 Å². The number of hydrogen-bond donors (Lipinski definition) is 1. The lowest BCUT2D eigenvalue weighted by atomic mass is 9.89. The van der Waals surface area contributed by atoms with Gasteiger partial charge in [0.2, 0.25) is 5.91 Å². The molecule has 0 spiro atoms. The molecule has 1 saturated heterocycles. The van der Waals surface area contributed by atoms with E-state index in [0.717, 1.165) is 11.5 Å². The number of carbonyl (C=O) groups is 1. The molecular weight excluding hydrogens is 332 g/mol. The SMILES string of the molecule is CCN(CC1COc2ccccc2O1)C(=O)C1(N)CCOCC1.Cl. The molecule has 1 aromatic carbocycles. The average Bonchev–Trinajstić information content (AvgIpc) is 2.59. The summed E-state index contributed by atoms with van der Waals surface area (Å²) in [5.74, 6) is 1.45. The first-order valence-corrected chi connectivity index (χ1v) is 8.17. The maximum atomic E-state index is 12.8. The molecule has 2 N–H and O–H groups in total. The zero-order chi connectivity index (χ0) is 16.3. The molecule has 0 saturated carbocycles. The molecule has 24 heavy (non-hydrogen) atoms. The summed E-state index contributed by atoms with van der Waals surface area (Å²) in [4.78, 5) is 14.6. The van der Waals surface area contributed by atoms with Crippen LogP contribution in [0.5, 0.6) is 11.5 Å². The van der Waals surface area contributed by atoms with Gasteiger partial charge in [-0.2, -0.15) is 0 Å². The highest BCUT2D eigenvalue weighted by Crippen LogP contribution is 2.31. The van der Waals surface area contributed by atoms with Crippen molar-refractivity contribution in [2.24, 2.45) is 5.73 Å². The number of ether oxygens (including phenoxy) is 3. The van der Waals surface area contributed by atoms with Crippen LogP contribution in [0.4, 0.5) is 0 Å². The summed E-state index contributed by atoms with van der Waals surface area (Å²) in [6, 6.07) is 7.58. The van der Waals surface area contributed by atoms with Crippen LogP contribution in [0.25, 0.3) is 0 Å². The van der Waals surface area contributed by atoms with Gasteiger partial charge in [-0.15, -0.1) is 12.4 Å². The lowest BCUT2D eigenvalue weighted by Gasteiger charge is -2.38. The minimum atomic E-state index is -0.818. The second kappa shape index (κ2) is 8.05. The molecule has 0 aromatic heterocycles. The molecule has 1 aromatic rings. The van der Waals surface area contributed by atoms with Crippen molar-refractivity contribution in [3.8, 4) is 11.5 Å². The monoisotopic (exact) mass is 356 g/mol. The normalized spacial score (nSPS) is 21.5. The maximum Gasteiger partial charge on any atom is 0.242 e. The van der Waals surface area contributed by atoms with Gasteiger partial charge >= 0.3 is 0 Å². The highest BCUT2D eigenvalue weighted by Gasteiger charge is 2.39. The fourth-order valence-electron chi connectivity index (χ4n) is 3.02. The first kappa shape index (κ1) is 18.8. The van der Waals surface area contributed by atoms with Gasteiger partial charge in [0.05, 0.1) is 12.1 Å². The Hall–Kier alpha value is -1.50. The van der Waals surface area contributed by atoms with Crippen molar-refractivity contribution < 1.29 is 19.0 Å². The third-order valence-electron chi connectivity index (χ3n) is 4.47. The van der Waals surface area contributed by atoms with E-state index in [1.165, 1.54) is 0 Å². The second-order valence-corrected chi connectivity index (χ2v) is 6.11. The van der Waals surface area contributed by atoms with Crippen molar-refractivity contribution in [2.45, 2.75) is 31.4 Å². The number of nitrogens with two attached hydrogens (primary N) is 1. The van der Waals surface area contributed by atoms with Crippen molar-refractivity contribution in [1.82, 2.24) is 4.90 Å². The number of halogens is 1. The molecule has 134 valence electrons. The smallest absolute Gasteiger partial charge is 0.242 e. The summed E-state index contributed by atoms with van der Waals surface area (Å²) in [5.41, 5.74) is 5.50. The lowest BCUT2D eigenvalue weighted by Crippen LogP contribution is -2.59. The Labute approximate surface area is 148 Å². The highest BCUT2D eigenvalue weighted by atomic mass is 35.5. The molecule has 0 bridgehead atoms. The summed E-state index contributed by atoms with van der Waals surface area (Å²) >= 11 is 0. The molecule has 7 heteroatoms. The number of fused-ring (bicyclic) bond motifs is 1. The van der Waals surface area contributed by atoms with Gasteiger partial charge in [0.1, 0.15) is 6.61 Å². The highest BCUT2D eigenvalue weighted by molar-refractivity contribution is 5.86. The number of amides is 1. The third-order valence-corrected chi connectivity index (χ3v) is 4.47. The molecule has 1 amide bonds. The fourth-order valence-corrected chi connectivity index (χ4v) is 3.02. The second-order valence-electron chi connectivity index (χ2n) is 6.11. The minimum Gasteiger partial charge on any atom is -0.486 e. The average molecular weight is 357 g/mol. The zero-order valence-corrected chi connectivity index (χ0v) is 14.7. The Kier molecular flexibility index (Phi) is 6.32. The molecule has 6 nitrogen and oxygen atoms in total. The summed E-state index contributed by atoms with van der Waals surface area (Å²) in [6.45, 7) is 4.54. The third kappa shape index (κ3) is 3.94. The number of benzene rings is 1. The van der Waals surface area contributed by atoms with Crippen molar-refractivity contribution in [2.75, 3.05) is 32.9 Å². The Morgan fingerprint density at radius 1 is 1.29 bits per heavy atom. The predicted octanol–water partition coefficient (Wildman–Crippen LogP) is 1.60. The number of likely N-dealkylation sites (N-methyl/N-ethyl adjacent to an activating group) is 1. The molecule has 1 atom stereocenters. The van der Waals surface area contributed by atoms with E-state index in [4.69, 9.17) is 19.9 Å². The van der Waals surface area contributed by atoms with Gasteiger partial charge in [-0.1, -0.05) is 12.1 Å². The first-order valence-electron chi connectivity index (χ1n) is 8.17. The van der Waals surface area contributed by atoms with Crippen LogP contribution in [0.15, 0.2) is 24.3 Å². The summed E-state index contributed by atoms with van der Waals surface area (Å²) in [6.07, 6.45) is 0.942. The maximum absolute atomic E-state index is 12.8. The molecule has 1 unspecified atom stereocenters. The van der Waals surface area contributed by atoms with Crippen LogP contribution >= 0.6 is 12.4 Å². The molecular formula is C17H25ClN2O4. The van der Waals surface area contributed by atoms with Gasteiger partial charge in [-0.25, -0.2) is 0 Å². The van der Waals surface area contributed by atoms with Gasteiger partial charge in [0.25, 0.3) is 0 Å². The van der Waals surface area contributed by atoms with E-state index in [9.17, 15) is 4.79 Å². The summed E-state index contributed by atoms with van der Waals surface area (Å²) < 4.78 is 17.0. The van der Waals surface area contributed by atoms with Crippen molar-refractivity contribution in [1.29, 1.82) is 0 Å². The largest absolute Gasteiger partial charge is 0.486 e. The van der Waals surface area contributed by atoms with Gasteiger partial charge in [0, 0.05) is 19.8 Å². The van der Waals surface area contributed by atoms with Crippen LogP contribution in [0, 0.1) is 0 Å². The van der Waals surface area contributed by atoms with Crippen LogP contribution in [-0.4, -0.2) is 55.4 Å². The van der Waals surface area contributed by atoms with Crippen molar-refractivity contribution in [3.63, 3.8) is 0 Å². The Morgan fingerprint density at radius 2 is 1.96 bits per heavy atom. The molecule has 2 aliphatic rings. The molecule has 3 rings (SSSR count). The van der Waals surface area contributed by atoms with Gasteiger partial charge in [-0.05, 0) is 31.9 Å². The Morgan fingerprint density at radius 3 is 2.62 bits per heavy atom. The molecule has 0 radical (unpaired) electrons. The van der Waals surface area contributed by atoms with Crippen LogP contribution in [0.2, 0.25) is 0 Å². The summed E-state index contributed by atoms with van der Waals surface area (Å²) in [7, 11) is 0. The molecule has 1 fully saturated rings. The van der Waals surface area contributed by atoms with E-state index in [-0.39, 0.29) is 24.4 Å². The van der Waals surface area contributed by atoms with Crippen LogP contribution in [0.1, 0.15) is 19.8 Å². The van der Waals surface area contributed by atoms with E-state index in [0.29, 0.717) is 45.8 Å². The lowest BCUT2D eigenvalue weighted by molar-refractivity contribution is -0.142. The first-order chi connectivity index (χ1) is 11.1. The van der Waals surface area contributed by atoms with E-state index in [1.54, 1.807) is 4.90 Å². The number of hydrogen-bond acceptors (Lipinski definition) is 5. The van der Waals surface area contributed by atoms with Crippen molar-refractivity contribution in [3.05, 3.63) is 24.3 Å². The van der Waals surface area contributed by atoms with E-state index >= 15 is 0 Å². The van der Waals surface area contributed by atoms with E-state index < -0.39 is 5.54 Å². The number of carbonyl (C=O) groups excluding carboxylic acids is 1. The predicted molar refractivity (Wildman–Crippen MR) is 92.8 cm³/mol. The van der Waals surface area contributed by atoms with Gasteiger partial charge in [0.15, 0.2) is 17.6 Å². The van der Waals surface area contributed by atoms with Crippen LogP contribution in [0.3, 0.4) is 0 Å². The number of para-hydroxylation sites is 2. The number of rotatable bonds is 4. The minimum absolute atomic E-state index is 0. The van der Waals surface area contributed by atoms with Gasteiger partial charge in [-0.3, -0.25) is 4.79 Å². The van der Waals surface area contributed by atoms with E-state index in [1.807, 2.05) is 31.2 Å². The fraction of sp³-hybridized carbons (Fsp3) is 0.588. The van der Waals surface area contributed by atoms with Gasteiger partial charge < -0.3 is 24.8 Å². The standard InChI is InChI=1S/C17H24N2O4.ClH/c1-2-19(16(20)17(18)7-9-21-10-8-17)11-13-12-22-14-5-3-4-6-15(14)23-13;/h3-6,13H,2,7-12,18H2,1H3;1H. The van der Waals surface area contributed by atoms with Crippen LogP contribution in [-0.2, 0) is 9.53 Å². The quantitative estimate of drug-likeness (QED) is 0.887. The molecule has 0 aliphatic carbocycles. The molecule has 2 aliphatic heterocycles. The van der Waals surface area contributed by atoms with Crippen molar-refractivity contribution >= 4 is 18.3 Å². The topological polar surface area (TPSA) is 74.0 Å². The molecule has 2 heterocycles.